The van der Waals surface area contributed by atoms with E-state index in [0.29, 0.717) is 12.2 Å². The molecule has 0 bridgehead atoms. The molecular formula is C18H15IN4O2. The van der Waals surface area contributed by atoms with E-state index in [1.54, 1.807) is 30.6 Å². The molecule has 0 fully saturated rings. The van der Waals surface area contributed by atoms with Crippen LogP contribution in [0.25, 0.3) is 11.3 Å². The minimum atomic E-state index is -0.317. The number of halogens is 1. The number of rotatable bonds is 5. The number of hydrogen-bond donors (Lipinski definition) is 1. The Kier molecular flexibility index (Phi) is 5.54. The number of amides is 1. The molecule has 1 amide bonds. The van der Waals surface area contributed by atoms with E-state index in [4.69, 9.17) is 0 Å². The van der Waals surface area contributed by atoms with Crippen molar-refractivity contribution in [1.29, 1.82) is 0 Å². The first kappa shape index (κ1) is 17.3. The van der Waals surface area contributed by atoms with E-state index in [0.717, 1.165) is 14.7 Å². The molecule has 0 unspecified atom stereocenters. The highest BCUT2D eigenvalue weighted by atomic mass is 127. The van der Waals surface area contributed by atoms with Gasteiger partial charge in [-0.25, -0.2) is 4.68 Å². The van der Waals surface area contributed by atoms with Gasteiger partial charge in [-0.2, -0.15) is 5.10 Å². The standard InChI is InChI=1S/C18H15IN4O2/c19-15-3-1-13(2-4-15)11-21-17(24)12-23-18(25)6-5-16(22-23)14-7-9-20-10-8-14/h1-10H,11-12H2,(H,21,24). The molecule has 7 heteroatoms. The van der Waals surface area contributed by atoms with Crippen LogP contribution in [-0.4, -0.2) is 20.7 Å². The zero-order valence-corrected chi connectivity index (χ0v) is 15.4. The van der Waals surface area contributed by atoms with Crippen LogP contribution in [0.5, 0.6) is 0 Å². The first-order valence-electron chi connectivity index (χ1n) is 7.61. The first-order chi connectivity index (χ1) is 12.1. The molecule has 126 valence electrons. The molecule has 0 aliphatic rings. The summed E-state index contributed by atoms with van der Waals surface area (Å²) < 4.78 is 2.30. The van der Waals surface area contributed by atoms with Crippen LogP contribution in [0, 0.1) is 3.57 Å². The Morgan fingerprint density at radius 3 is 2.48 bits per heavy atom. The molecule has 6 nitrogen and oxygen atoms in total. The van der Waals surface area contributed by atoms with E-state index in [1.807, 2.05) is 24.3 Å². The second kappa shape index (κ2) is 8.02. The van der Waals surface area contributed by atoms with Crippen LogP contribution in [0.2, 0.25) is 0 Å². The first-order valence-corrected chi connectivity index (χ1v) is 8.69. The van der Waals surface area contributed by atoms with Crippen LogP contribution in [0.3, 0.4) is 0 Å². The molecule has 1 aromatic carbocycles. The summed E-state index contributed by atoms with van der Waals surface area (Å²) in [5, 5.41) is 7.07. The lowest BCUT2D eigenvalue weighted by atomic mass is 10.2. The summed E-state index contributed by atoms with van der Waals surface area (Å²) in [5.74, 6) is -0.264. The molecule has 25 heavy (non-hydrogen) atoms. The third-order valence-electron chi connectivity index (χ3n) is 3.54. The van der Waals surface area contributed by atoms with Gasteiger partial charge in [-0.3, -0.25) is 14.6 Å². The molecular weight excluding hydrogens is 431 g/mol. The molecule has 2 heterocycles. The number of carbonyl (C=O) groups excluding carboxylic acids is 1. The maximum Gasteiger partial charge on any atom is 0.267 e. The minimum absolute atomic E-state index is 0.123. The highest BCUT2D eigenvalue weighted by Crippen LogP contribution is 2.13. The third kappa shape index (κ3) is 4.72. The summed E-state index contributed by atoms with van der Waals surface area (Å²) >= 11 is 2.23. The maximum absolute atomic E-state index is 12.1. The van der Waals surface area contributed by atoms with Gasteiger partial charge in [0, 0.05) is 34.1 Å². The highest BCUT2D eigenvalue weighted by molar-refractivity contribution is 14.1. The molecule has 0 saturated heterocycles. The van der Waals surface area contributed by atoms with Crippen molar-refractivity contribution in [3.63, 3.8) is 0 Å². The highest BCUT2D eigenvalue weighted by Gasteiger charge is 2.08. The van der Waals surface area contributed by atoms with Crippen LogP contribution in [0.4, 0.5) is 0 Å². The van der Waals surface area contributed by atoms with Gasteiger partial charge < -0.3 is 5.32 Å². The molecule has 1 N–H and O–H groups in total. The number of nitrogens with one attached hydrogen (secondary N) is 1. The number of aromatic nitrogens is 3. The summed E-state index contributed by atoms with van der Waals surface area (Å²) in [6.45, 7) is 0.288. The van der Waals surface area contributed by atoms with Crippen molar-refractivity contribution in [3.8, 4) is 11.3 Å². The zero-order valence-electron chi connectivity index (χ0n) is 13.2. The summed E-state index contributed by atoms with van der Waals surface area (Å²) in [7, 11) is 0. The number of nitrogens with zero attached hydrogens (tertiary/aromatic N) is 3. The second-order valence-electron chi connectivity index (χ2n) is 5.35. The van der Waals surface area contributed by atoms with Gasteiger partial charge in [0.1, 0.15) is 6.54 Å². The van der Waals surface area contributed by atoms with Crippen molar-refractivity contribution in [3.05, 3.63) is 80.4 Å². The summed E-state index contributed by atoms with van der Waals surface area (Å²) in [6.07, 6.45) is 3.31. The van der Waals surface area contributed by atoms with E-state index in [-0.39, 0.29) is 18.0 Å². The van der Waals surface area contributed by atoms with Gasteiger partial charge in [-0.15, -0.1) is 0 Å². The molecule has 0 saturated carbocycles. The van der Waals surface area contributed by atoms with E-state index in [1.165, 1.54) is 10.7 Å². The topological polar surface area (TPSA) is 76.9 Å². The van der Waals surface area contributed by atoms with Crippen LogP contribution in [-0.2, 0) is 17.9 Å². The molecule has 0 atom stereocenters. The summed E-state index contributed by atoms with van der Waals surface area (Å²) in [5.41, 5.74) is 2.14. The molecule has 2 aromatic heterocycles. The van der Waals surface area contributed by atoms with Gasteiger partial charge in [-0.05, 0) is 58.5 Å². The molecule has 0 spiro atoms. The van der Waals surface area contributed by atoms with Crippen molar-refractivity contribution in [2.75, 3.05) is 0 Å². The predicted octanol–water partition coefficient (Wildman–Crippen LogP) is 2.23. The lowest BCUT2D eigenvalue weighted by Crippen LogP contribution is -2.33. The quantitative estimate of drug-likeness (QED) is 0.610. The normalized spacial score (nSPS) is 10.4. The minimum Gasteiger partial charge on any atom is -0.350 e. The monoisotopic (exact) mass is 446 g/mol. The molecule has 3 rings (SSSR count). The van der Waals surface area contributed by atoms with Gasteiger partial charge in [-0.1, -0.05) is 12.1 Å². The van der Waals surface area contributed by atoms with Gasteiger partial charge in [0.25, 0.3) is 5.56 Å². The average molecular weight is 446 g/mol. The second-order valence-corrected chi connectivity index (χ2v) is 6.60. The Bertz CT molecular complexity index is 924. The summed E-state index contributed by atoms with van der Waals surface area (Å²) in [4.78, 5) is 28.0. The lowest BCUT2D eigenvalue weighted by molar-refractivity contribution is -0.122. The van der Waals surface area contributed by atoms with E-state index < -0.39 is 0 Å². The van der Waals surface area contributed by atoms with Gasteiger partial charge in [0.2, 0.25) is 5.91 Å². The van der Waals surface area contributed by atoms with Crippen molar-refractivity contribution in [1.82, 2.24) is 20.1 Å². The van der Waals surface area contributed by atoms with Crippen LogP contribution >= 0.6 is 22.6 Å². The molecule has 0 aliphatic heterocycles. The van der Waals surface area contributed by atoms with Crippen molar-refractivity contribution in [2.45, 2.75) is 13.1 Å². The van der Waals surface area contributed by atoms with Crippen LogP contribution in [0.1, 0.15) is 5.56 Å². The Morgan fingerprint density at radius 1 is 1.04 bits per heavy atom. The predicted molar refractivity (Wildman–Crippen MR) is 103 cm³/mol. The van der Waals surface area contributed by atoms with Gasteiger partial charge in [0.15, 0.2) is 0 Å². The van der Waals surface area contributed by atoms with Crippen molar-refractivity contribution < 1.29 is 4.79 Å². The van der Waals surface area contributed by atoms with Crippen molar-refractivity contribution in [2.24, 2.45) is 0 Å². The zero-order chi connectivity index (χ0) is 17.6. The number of hydrogen-bond acceptors (Lipinski definition) is 4. The lowest BCUT2D eigenvalue weighted by Gasteiger charge is -2.08. The van der Waals surface area contributed by atoms with Gasteiger partial charge >= 0.3 is 0 Å². The van der Waals surface area contributed by atoms with Crippen LogP contribution in [0.15, 0.2) is 65.7 Å². The maximum atomic E-state index is 12.1. The number of pyridine rings is 1. The smallest absolute Gasteiger partial charge is 0.267 e. The molecule has 0 radical (unpaired) electrons. The van der Waals surface area contributed by atoms with E-state index in [9.17, 15) is 9.59 Å². The Hall–Kier alpha value is -2.55. The Balaban J connectivity index is 1.68. The Morgan fingerprint density at radius 2 is 1.76 bits per heavy atom. The molecule has 3 aromatic rings. The largest absolute Gasteiger partial charge is 0.350 e. The SMILES string of the molecule is O=C(Cn1nc(-c2ccncc2)ccc1=O)NCc1ccc(I)cc1. The van der Waals surface area contributed by atoms with E-state index in [2.05, 4.69) is 38.0 Å². The summed E-state index contributed by atoms with van der Waals surface area (Å²) in [6, 6.07) is 14.5. The molecule has 0 aliphatic carbocycles. The van der Waals surface area contributed by atoms with Gasteiger partial charge in [0.05, 0.1) is 5.69 Å². The van der Waals surface area contributed by atoms with Crippen LogP contribution < -0.4 is 10.9 Å². The number of benzene rings is 1. The van der Waals surface area contributed by atoms with Crippen molar-refractivity contribution >= 4 is 28.5 Å². The number of carbonyl (C=O) groups is 1. The average Bonchev–Trinajstić information content (AvgIpc) is 2.64. The fraction of sp³-hybridized carbons (Fsp3) is 0.111. The third-order valence-corrected chi connectivity index (χ3v) is 4.26. The van der Waals surface area contributed by atoms with E-state index >= 15 is 0 Å². The fourth-order valence-corrected chi connectivity index (χ4v) is 2.59. The fourth-order valence-electron chi connectivity index (χ4n) is 2.23. The Labute approximate surface area is 158 Å².